The Bertz CT molecular complexity index is 530. The highest BCUT2D eigenvalue weighted by molar-refractivity contribution is 5.79. The molecule has 1 aromatic rings. The van der Waals surface area contributed by atoms with Gasteiger partial charge in [0.05, 0.1) is 18.2 Å². The van der Waals surface area contributed by atoms with Gasteiger partial charge in [-0.25, -0.2) is 8.78 Å². The van der Waals surface area contributed by atoms with Crippen LogP contribution in [0, 0.1) is 17.6 Å². The fraction of sp³-hybridized carbons (Fsp3) is 0.562. The zero-order chi connectivity index (χ0) is 16.3. The van der Waals surface area contributed by atoms with Crippen LogP contribution in [0.25, 0.3) is 0 Å². The van der Waals surface area contributed by atoms with Gasteiger partial charge in [-0.15, -0.1) is 0 Å². The molecule has 0 bridgehead atoms. The summed E-state index contributed by atoms with van der Waals surface area (Å²) in [6.45, 7) is 1.61. The first-order chi connectivity index (χ1) is 10.4. The topological polar surface area (TPSA) is 69.6 Å². The van der Waals surface area contributed by atoms with Gasteiger partial charge < -0.3 is 15.5 Å². The van der Waals surface area contributed by atoms with E-state index in [-0.39, 0.29) is 23.5 Å². The van der Waals surface area contributed by atoms with Crippen LogP contribution >= 0.6 is 0 Å². The summed E-state index contributed by atoms with van der Waals surface area (Å²) in [6, 6.07) is 2.55. The van der Waals surface area contributed by atoms with E-state index in [0.717, 1.165) is 12.1 Å². The number of aliphatic hydroxyl groups excluding tert-OH is 2. The van der Waals surface area contributed by atoms with Gasteiger partial charge in [0.15, 0.2) is 11.6 Å². The molecule has 22 heavy (non-hydrogen) atoms. The van der Waals surface area contributed by atoms with Crippen LogP contribution in [0.15, 0.2) is 18.2 Å². The lowest BCUT2D eigenvalue weighted by atomic mass is 9.86. The molecule has 6 heteroatoms. The minimum absolute atomic E-state index is 0.178. The van der Waals surface area contributed by atoms with Crippen molar-refractivity contribution in [3.63, 3.8) is 0 Å². The largest absolute Gasteiger partial charge is 0.393 e. The Kier molecular flexibility index (Phi) is 5.47. The van der Waals surface area contributed by atoms with Gasteiger partial charge in [-0.05, 0) is 50.3 Å². The highest BCUT2D eigenvalue weighted by Crippen LogP contribution is 2.25. The quantitative estimate of drug-likeness (QED) is 0.797. The predicted molar refractivity (Wildman–Crippen MR) is 76.9 cm³/mol. The van der Waals surface area contributed by atoms with Gasteiger partial charge in [-0.3, -0.25) is 4.79 Å². The first kappa shape index (κ1) is 16.8. The van der Waals surface area contributed by atoms with E-state index in [1.807, 2.05) is 0 Å². The van der Waals surface area contributed by atoms with Crippen LogP contribution < -0.4 is 5.32 Å². The third kappa shape index (κ3) is 4.01. The molecule has 0 aliphatic heterocycles. The summed E-state index contributed by atoms with van der Waals surface area (Å²) in [5.41, 5.74) is 0.214. The Morgan fingerprint density at radius 1 is 1.23 bits per heavy atom. The molecule has 1 aliphatic rings. The van der Waals surface area contributed by atoms with E-state index in [0.29, 0.717) is 25.7 Å². The molecule has 1 aliphatic carbocycles. The normalized spacial score (nSPS) is 24.6. The summed E-state index contributed by atoms with van der Waals surface area (Å²) < 4.78 is 26.1. The maximum atomic E-state index is 13.2. The van der Waals surface area contributed by atoms with Gasteiger partial charge in [0.25, 0.3) is 0 Å². The molecule has 0 unspecified atom stereocenters. The molecule has 0 spiro atoms. The molecule has 0 heterocycles. The van der Waals surface area contributed by atoms with E-state index in [1.165, 1.54) is 6.07 Å². The molecule has 1 saturated carbocycles. The first-order valence-electron chi connectivity index (χ1n) is 7.50. The van der Waals surface area contributed by atoms with Crippen LogP contribution in [0.5, 0.6) is 0 Å². The van der Waals surface area contributed by atoms with E-state index in [4.69, 9.17) is 0 Å². The van der Waals surface area contributed by atoms with Gasteiger partial charge in [-0.1, -0.05) is 6.07 Å². The van der Waals surface area contributed by atoms with E-state index in [2.05, 4.69) is 5.32 Å². The maximum Gasteiger partial charge on any atom is 0.223 e. The van der Waals surface area contributed by atoms with Crippen LogP contribution in [-0.4, -0.2) is 28.3 Å². The maximum absolute atomic E-state index is 13.2. The lowest BCUT2D eigenvalue weighted by molar-refractivity contribution is -0.128. The van der Waals surface area contributed by atoms with Crippen molar-refractivity contribution in [2.24, 2.45) is 5.92 Å². The molecular weight excluding hydrogens is 292 g/mol. The Morgan fingerprint density at radius 2 is 1.86 bits per heavy atom. The number of carbonyl (C=O) groups is 1. The summed E-state index contributed by atoms with van der Waals surface area (Å²) in [5, 5.41) is 22.3. The average Bonchev–Trinajstić information content (AvgIpc) is 2.49. The second-order valence-corrected chi connectivity index (χ2v) is 5.92. The Morgan fingerprint density at radius 3 is 2.45 bits per heavy atom. The van der Waals surface area contributed by atoms with Crippen molar-refractivity contribution in [1.82, 2.24) is 5.32 Å². The number of benzene rings is 1. The number of nitrogens with one attached hydrogen (secondary N) is 1. The second-order valence-electron chi connectivity index (χ2n) is 5.92. The van der Waals surface area contributed by atoms with E-state index >= 15 is 0 Å². The van der Waals surface area contributed by atoms with Gasteiger partial charge in [0.2, 0.25) is 5.91 Å². The van der Waals surface area contributed by atoms with Crippen molar-refractivity contribution >= 4 is 5.91 Å². The molecule has 1 amide bonds. The summed E-state index contributed by atoms with van der Waals surface area (Å²) in [7, 11) is 0. The zero-order valence-electron chi connectivity index (χ0n) is 12.4. The number of hydrogen-bond donors (Lipinski definition) is 3. The Labute approximate surface area is 128 Å². The third-order valence-corrected chi connectivity index (χ3v) is 4.20. The van der Waals surface area contributed by atoms with Crippen LogP contribution in [0.4, 0.5) is 8.78 Å². The predicted octanol–water partition coefficient (Wildman–Crippen LogP) is 2.05. The van der Waals surface area contributed by atoms with Crippen LogP contribution in [0.3, 0.4) is 0 Å². The zero-order valence-corrected chi connectivity index (χ0v) is 12.4. The molecule has 0 aromatic heterocycles. The number of rotatable bonds is 4. The van der Waals surface area contributed by atoms with Crippen molar-refractivity contribution in [2.75, 3.05) is 0 Å². The number of amides is 1. The van der Waals surface area contributed by atoms with Crippen LogP contribution in [0.1, 0.15) is 44.3 Å². The van der Waals surface area contributed by atoms with Crippen LogP contribution in [-0.2, 0) is 4.79 Å². The van der Waals surface area contributed by atoms with Crippen molar-refractivity contribution < 1.29 is 23.8 Å². The van der Waals surface area contributed by atoms with Crippen molar-refractivity contribution in [3.05, 3.63) is 35.4 Å². The highest BCUT2D eigenvalue weighted by Gasteiger charge is 2.27. The molecule has 2 atom stereocenters. The molecule has 0 radical (unpaired) electrons. The molecule has 0 saturated heterocycles. The van der Waals surface area contributed by atoms with Crippen LogP contribution in [0.2, 0.25) is 0 Å². The van der Waals surface area contributed by atoms with Crippen molar-refractivity contribution in [1.29, 1.82) is 0 Å². The smallest absolute Gasteiger partial charge is 0.223 e. The molecule has 1 fully saturated rings. The van der Waals surface area contributed by atoms with E-state index < -0.39 is 23.8 Å². The van der Waals surface area contributed by atoms with E-state index in [9.17, 15) is 23.8 Å². The minimum atomic E-state index is -1.12. The monoisotopic (exact) mass is 313 g/mol. The highest BCUT2D eigenvalue weighted by atomic mass is 19.2. The van der Waals surface area contributed by atoms with Crippen molar-refractivity contribution in [3.8, 4) is 0 Å². The van der Waals surface area contributed by atoms with Gasteiger partial charge in [-0.2, -0.15) is 0 Å². The third-order valence-electron chi connectivity index (χ3n) is 4.20. The lowest BCUT2D eigenvalue weighted by Gasteiger charge is -2.27. The molecule has 2 rings (SSSR count). The standard InChI is InChI=1S/C16H21F2NO3/c1-9(15(21)11-4-7-13(17)14(18)8-11)19-16(22)10-2-5-12(20)6-3-10/h4,7-10,12,15,20-21H,2-3,5-6H2,1H3,(H,19,22)/t9-,10?,12?,15-/m1/s1. The summed E-state index contributed by atoms with van der Waals surface area (Å²) in [4.78, 5) is 12.1. The molecular formula is C16H21F2NO3. The summed E-state index contributed by atoms with van der Waals surface area (Å²) >= 11 is 0. The number of aliphatic hydroxyl groups is 2. The fourth-order valence-corrected chi connectivity index (χ4v) is 2.74. The Balaban J connectivity index is 1.94. The molecule has 4 nitrogen and oxygen atoms in total. The number of hydrogen-bond acceptors (Lipinski definition) is 3. The van der Waals surface area contributed by atoms with Gasteiger partial charge in [0, 0.05) is 5.92 Å². The molecule has 122 valence electrons. The average molecular weight is 313 g/mol. The fourth-order valence-electron chi connectivity index (χ4n) is 2.74. The Hall–Kier alpha value is -1.53. The summed E-state index contributed by atoms with van der Waals surface area (Å²) in [5.74, 6) is -2.37. The van der Waals surface area contributed by atoms with Crippen molar-refractivity contribution in [2.45, 2.75) is 50.9 Å². The number of halogens is 2. The molecule has 1 aromatic carbocycles. The minimum Gasteiger partial charge on any atom is -0.393 e. The second kappa shape index (κ2) is 7.15. The SMILES string of the molecule is C[C@@H](NC(=O)C1CCC(O)CC1)[C@@H](O)c1ccc(F)c(F)c1. The molecule has 3 N–H and O–H groups in total. The number of carbonyl (C=O) groups excluding carboxylic acids is 1. The lowest BCUT2D eigenvalue weighted by Crippen LogP contribution is -2.42. The van der Waals surface area contributed by atoms with Gasteiger partial charge >= 0.3 is 0 Å². The van der Waals surface area contributed by atoms with Gasteiger partial charge in [0.1, 0.15) is 0 Å². The summed E-state index contributed by atoms with van der Waals surface area (Å²) in [6.07, 6.45) is 0.959. The van der Waals surface area contributed by atoms with E-state index in [1.54, 1.807) is 6.92 Å². The first-order valence-corrected chi connectivity index (χ1v) is 7.50.